The topological polar surface area (TPSA) is 51.7 Å². The summed E-state index contributed by atoms with van der Waals surface area (Å²) in [5, 5.41) is 0. The van der Waals surface area contributed by atoms with Crippen LogP contribution in [0.5, 0.6) is 11.5 Å². The number of aromatic nitrogens is 1. The third-order valence-electron chi connectivity index (χ3n) is 3.14. The summed E-state index contributed by atoms with van der Waals surface area (Å²) in [5.41, 5.74) is 1.59. The van der Waals surface area contributed by atoms with Crippen LogP contribution in [0.2, 0.25) is 0 Å². The van der Waals surface area contributed by atoms with Gasteiger partial charge in [-0.25, -0.2) is 0 Å². The highest BCUT2D eigenvalue weighted by Crippen LogP contribution is 2.28. The first-order chi connectivity index (χ1) is 10.2. The van der Waals surface area contributed by atoms with Crippen LogP contribution in [0.25, 0.3) is 0 Å². The lowest BCUT2D eigenvalue weighted by Crippen LogP contribution is -2.26. The summed E-state index contributed by atoms with van der Waals surface area (Å²) in [7, 11) is 4.95. The van der Waals surface area contributed by atoms with Crippen LogP contribution in [0.3, 0.4) is 0 Å². The van der Waals surface area contributed by atoms with Gasteiger partial charge in [0.1, 0.15) is 0 Å². The lowest BCUT2D eigenvalue weighted by molar-refractivity contribution is 0.0785. The average molecular weight is 286 g/mol. The van der Waals surface area contributed by atoms with E-state index in [-0.39, 0.29) is 5.91 Å². The van der Waals surface area contributed by atoms with Gasteiger partial charge in [0.2, 0.25) is 0 Å². The highest BCUT2D eigenvalue weighted by Gasteiger charge is 2.13. The molecular formula is C16H18N2O3. The molecule has 0 atom stereocenters. The average Bonchev–Trinajstić information content (AvgIpc) is 2.54. The van der Waals surface area contributed by atoms with Crippen LogP contribution < -0.4 is 9.47 Å². The second-order valence-corrected chi connectivity index (χ2v) is 4.59. The van der Waals surface area contributed by atoms with E-state index < -0.39 is 0 Å². The number of hydrogen-bond acceptors (Lipinski definition) is 4. The van der Waals surface area contributed by atoms with Crippen LogP contribution in [0.1, 0.15) is 15.9 Å². The molecule has 0 radical (unpaired) electrons. The molecule has 5 heteroatoms. The number of amides is 1. The molecular weight excluding hydrogens is 268 g/mol. The maximum Gasteiger partial charge on any atom is 0.254 e. The summed E-state index contributed by atoms with van der Waals surface area (Å²) >= 11 is 0. The van der Waals surface area contributed by atoms with Crippen molar-refractivity contribution >= 4 is 5.91 Å². The molecule has 1 heterocycles. The van der Waals surface area contributed by atoms with Crippen molar-refractivity contribution in [1.82, 2.24) is 9.88 Å². The first-order valence-electron chi connectivity index (χ1n) is 6.52. The van der Waals surface area contributed by atoms with Crippen molar-refractivity contribution in [3.63, 3.8) is 0 Å². The van der Waals surface area contributed by atoms with Crippen molar-refractivity contribution in [2.24, 2.45) is 0 Å². The molecule has 21 heavy (non-hydrogen) atoms. The van der Waals surface area contributed by atoms with E-state index >= 15 is 0 Å². The molecule has 1 aromatic heterocycles. The first kappa shape index (κ1) is 14.8. The van der Waals surface area contributed by atoms with E-state index in [4.69, 9.17) is 9.47 Å². The fraction of sp³-hybridized carbons (Fsp3) is 0.250. The SMILES string of the molecule is COc1ccc(CN(C)C(=O)c2ccncc2)cc1OC. The Hall–Kier alpha value is -2.56. The van der Waals surface area contributed by atoms with Crippen LogP contribution in [0.15, 0.2) is 42.7 Å². The molecule has 0 fully saturated rings. The van der Waals surface area contributed by atoms with Gasteiger partial charge in [-0.3, -0.25) is 9.78 Å². The summed E-state index contributed by atoms with van der Waals surface area (Å²) in [6.45, 7) is 0.488. The lowest BCUT2D eigenvalue weighted by Gasteiger charge is -2.18. The number of ether oxygens (including phenoxy) is 2. The highest BCUT2D eigenvalue weighted by molar-refractivity contribution is 5.93. The Balaban J connectivity index is 2.12. The predicted octanol–water partition coefficient (Wildman–Crippen LogP) is 2.37. The minimum absolute atomic E-state index is 0.0489. The number of carbonyl (C=O) groups is 1. The number of benzene rings is 1. The standard InChI is InChI=1S/C16H18N2O3/c1-18(16(19)13-6-8-17-9-7-13)11-12-4-5-14(20-2)15(10-12)21-3/h4-10H,11H2,1-3H3. The van der Waals surface area contributed by atoms with Gasteiger partial charge in [0.25, 0.3) is 5.91 Å². The van der Waals surface area contributed by atoms with Crippen LogP contribution in [-0.2, 0) is 6.54 Å². The number of nitrogens with zero attached hydrogens (tertiary/aromatic N) is 2. The Morgan fingerprint density at radius 3 is 2.38 bits per heavy atom. The molecule has 0 N–H and O–H groups in total. The minimum atomic E-state index is -0.0489. The first-order valence-corrected chi connectivity index (χ1v) is 6.52. The third kappa shape index (κ3) is 3.51. The lowest BCUT2D eigenvalue weighted by atomic mass is 10.1. The normalized spacial score (nSPS) is 10.0. The van der Waals surface area contributed by atoms with E-state index in [9.17, 15) is 4.79 Å². The van der Waals surface area contributed by atoms with Crippen molar-refractivity contribution in [1.29, 1.82) is 0 Å². The van der Waals surface area contributed by atoms with Crippen molar-refractivity contribution in [2.45, 2.75) is 6.54 Å². The maximum absolute atomic E-state index is 12.3. The molecule has 0 aliphatic rings. The van der Waals surface area contributed by atoms with E-state index in [0.29, 0.717) is 23.6 Å². The molecule has 0 saturated carbocycles. The number of rotatable bonds is 5. The van der Waals surface area contributed by atoms with Gasteiger partial charge in [0.15, 0.2) is 11.5 Å². The van der Waals surface area contributed by atoms with Crippen molar-refractivity contribution in [3.05, 3.63) is 53.9 Å². The number of methoxy groups -OCH3 is 2. The van der Waals surface area contributed by atoms with Gasteiger partial charge in [0.05, 0.1) is 14.2 Å². The fourth-order valence-electron chi connectivity index (χ4n) is 2.04. The Kier molecular flexibility index (Phi) is 4.77. The molecule has 0 aliphatic carbocycles. The summed E-state index contributed by atoms with van der Waals surface area (Å²) in [6.07, 6.45) is 3.22. The zero-order chi connectivity index (χ0) is 15.2. The molecule has 2 rings (SSSR count). The van der Waals surface area contributed by atoms with E-state index in [0.717, 1.165) is 5.56 Å². The van der Waals surface area contributed by atoms with Gasteiger partial charge in [-0.15, -0.1) is 0 Å². The predicted molar refractivity (Wildman–Crippen MR) is 79.6 cm³/mol. The van der Waals surface area contributed by atoms with Crippen LogP contribution in [-0.4, -0.2) is 37.1 Å². The van der Waals surface area contributed by atoms with Gasteiger partial charge in [-0.2, -0.15) is 0 Å². The van der Waals surface area contributed by atoms with Crippen molar-refractivity contribution in [2.75, 3.05) is 21.3 Å². The molecule has 1 aromatic carbocycles. The van der Waals surface area contributed by atoms with Gasteiger partial charge in [0, 0.05) is 31.5 Å². The molecule has 0 unspecified atom stereocenters. The second-order valence-electron chi connectivity index (χ2n) is 4.59. The fourth-order valence-corrected chi connectivity index (χ4v) is 2.04. The molecule has 110 valence electrons. The van der Waals surface area contributed by atoms with Gasteiger partial charge in [-0.05, 0) is 29.8 Å². The van der Waals surface area contributed by atoms with Gasteiger partial charge >= 0.3 is 0 Å². The molecule has 0 spiro atoms. The Bertz CT molecular complexity index is 614. The van der Waals surface area contributed by atoms with Crippen LogP contribution in [0.4, 0.5) is 0 Å². The Morgan fingerprint density at radius 1 is 1.10 bits per heavy atom. The minimum Gasteiger partial charge on any atom is -0.493 e. The summed E-state index contributed by atoms with van der Waals surface area (Å²) in [6, 6.07) is 9.02. The zero-order valence-electron chi connectivity index (χ0n) is 12.4. The molecule has 0 bridgehead atoms. The summed E-state index contributed by atoms with van der Waals surface area (Å²) < 4.78 is 10.5. The quantitative estimate of drug-likeness (QED) is 0.846. The Labute approximate surface area is 124 Å². The smallest absolute Gasteiger partial charge is 0.254 e. The van der Waals surface area contributed by atoms with Crippen LogP contribution >= 0.6 is 0 Å². The summed E-state index contributed by atoms with van der Waals surface area (Å²) in [4.78, 5) is 17.8. The van der Waals surface area contributed by atoms with E-state index in [1.807, 2.05) is 18.2 Å². The number of pyridine rings is 1. The number of carbonyl (C=O) groups excluding carboxylic acids is 1. The molecule has 2 aromatic rings. The monoisotopic (exact) mass is 286 g/mol. The molecule has 5 nitrogen and oxygen atoms in total. The van der Waals surface area contributed by atoms with E-state index in [1.165, 1.54) is 0 Å². The van der Waals surface area contributed by atoms with Gasteiger partial charge in [-0.1, -0.05) is 6.07 Å². The maximum atomic E-state index is 12.3. The second kappa shape index (κ2) is 6.74. The van der Waals surface area contributed by atoms with Crippen LogP contribution in [0, 0.1) is 0 Å². The zero-order valence-corrected chi connectivity index (χ0v) is 12.4. The van der Waals surface area contributed by atoms with Crippen molar-refractivity contribution < 1.29 is 14.3 Å². The molecule has 0 aliphatic heterocycles. The largest absolute Gasteiger partial charge is 0.493 e. The Morgan fingerprint density at radius 2 is 1.76 bits per heavy atom. The van der Waals surface area contributed by atoms with Gasteiger partial charge < -0.3 is 14.4 Å². The third-order valence-corrected chi connectivity index (χ3v) is 3.14. The molecule has 0 saturated heterocycles. The molecule has 1 amide bonds. The summed E-state index contributed by atoms with van der Waals surface area (Å²) in [5.74, 6) is 1.27. The van der Waals surface area contributed by atoms with Crippen molar-refractivity contribution in [3.8, 4) is 11.5 Å². The number of hydrogen-bond donors (Lipinski definition) is 0. The highest BCUT2D eigenvalue weighted by atomic mass is 16.5. The van der Waals surface area contributed by atoms with E-state index in [2.05, 4.69) is 4.98 Å². The van der Waals surface area contributed by atoms with E-state index in [1.54, 1.807) is 50.7 Å².